The van der Waals surface area contributed by atoms with Gasteiger partial charge in [-0.2, -0.15) is 0 Å². The molecule has 104 valence electrons. The van der Waals surface area contributed by atoms with Crippen LogP contribution in [0.15, 0.2) is 33.2 Å². The van der Waals surface area contributed by atoms with E-state index in [0.717, 1.165) is 5.01 Å². The van der Waals surface area contributed by atoms with Crippen molar-refractivity contribution in [3.05, 3.63) is 34.5 Å². The third-order valence-corrected chi connectivity index (χ3v) is 4.81. The molecular formula is C11H14N2O4S2. The van der Waals surface area contributed by atoms with Gasteiger partial charge in [-0.15, -0.1) is 11.3 Å². The van der Waals surface area contributed by atoms with E-state index in [1.165, 1.54) is 23.5 Å². The number of thiazole rings is 1. The normalized spacial score (nSPS) is 13.6. The van der Waals surface area contributed by atoms with Crippen LogP contribution in [0.5, 0.6) is 0 Å². The lowest BCUT2D eigenvalue weighted by Gasteiger charge is -2.09. The van der Waals surface area contributed by atoms with E-state index in [-0.39, 0.29) is 29.9 Å². The summed E-state index contributed by atoms with van der Waals surface area (Å²) in [5, 5.41) is 11.4. The minimum Gasteiger partial charge on any atom is -0.446 e. The Morgan fingerprint density at radius 2 is 2.32 bits per heavy atom. The van der Waals surface area contributed by atoms with Crippen LogP contribution in [0, 0.1) is 0 Å². The van der Waals surface area contributed by atoms with Crippen LogP contribution in [0.4, 0.5) is 0 Å². The number of nitrogens with one attached hydrogen (secondary N) is 1. The lowest BCUT2D eigenvalue weighted by molar-refractivity contribution is 0.236. The third-order valence-electron chi connectivity index (χ3n) is 2.51. The fourth-order valence-electron chi connectivity index (χ4n) is 1.46. The predicted octanol–water partition coefficient (Wildman–Crippen LogP) is 1.31. The van der Waals surface area contributed by atoms with Gasteiger partial charge in [-0.3, -0.25) is 0 Å². The summed E-state index contributed by atoms with van der Waals surface area (Å²) in [6.07, 6.45) is 1.69. The first kappa shape index (κ1) is 14.2. The molecule has 0 radical (unpaired) electrons. The number of aliphatic hydroxyl groups excluding tert-OH is 1. The molecule has 2 N–H and O–H groups in total. The molecule has 0 aliphatic heterocycles. The first-order valence-corrected chi connectivity index (χ1v) is 7.98. The van der Waals surface area contributed by atoms with Gasteiger partial charge in [0.2, 0.25) is 5.09 Å². The van der Waals surface area contributed by atoms with Crippen LogP contribution in [-0.4, -0.2) is 25.1 Å². The first-order chi connectivity index (χ1) is 9.03. The Hall–Kier alpha value is -1.22. The molecule has 0 amide bonds. The molecule has 0 aromatic carbocycles. The van der Waals surface area contributed by atoms with Crippen LogP contribution in [0.25, 0.3) is 0 Å². The fraction of sp³-hybridized carbons (Fsp3) is 0.364. The Labute approximate surface area is 115 Å². The molecular weight excluding hydrogens is 288 g/mol. The van der Waals surface area contributed by atoms with Crippen LogP contribution in [-0.2, 0) is 16.6 Å². The van der Waals surface area contributed by atoms with Crippen LogP contribution >= 0.6 is 11.3 Å². The topological polar surface area (TPSA) is 92.4 Å². The van der Waals surface area contributed by atoms with Crippen LogP contribution < -0.4 is 4.72 Å². The number of aromatic nitrogens is 1. The number of nitrogens with zero attached hydrogens (tertiary/aromatic N) is 1. The Kier molecular flexibility index (Phi) is 4.35. The SMILES string of the molecule is CC(CNS(=O)(=O)c1ccc(CO)o1)c1nccs1. The molecule has 0 saturated carbocycles. The summed E-state index contributed by atoms with van der Waals surface area (Å²) in [6, 6.07) is 2.75. The predicted molar refractivity (Wildman–Crippen MR) is 70.3 cm³/mol. The lowest BCUT2D eigenvalue weighted by atomic mass is 10.2. The highest BCUT2D eigenvalue weighted by molar-refractivity contribution is 7.89. The molecule has 6 nitrogen and oxygen atoms in total. The number of rotatable bonds is 6. The van der Waals surface area contributed by atoms with Crippen LogP contribution in [0.1, 0.15) is 23.6 Å². The van der Waals surface area contributed by atoms with E-state index in [1.54, 1.807) is 6.20 Å². The van der Waals surface area contributed by atoms with E-state index in [0.29, 0.717) is 0 Å². The van der Waals surface area contributed by atoms with E-state index in [9.17, 15) is 8.42 Å². The van der Waals surface area contributed by atoms with Gasteiger partial charge < -0.3 is 9.52 Å². The second kappa shape index (κ2) is 5.83. The van der Waals surface area contributed by atoms with Gasteiger partial charge in [0.05, 0.1) is 5.01 Å². The maximum Gasteiger partial charge on any atom is 0.273 e. The van der Waals surface area contributed by atoms with Crippen molar-refractivity contribution >= 4 is 21.4 Å². The molecule has 2 heterocycles. The van der Waals surface area contributed by atoms with Gasteiger partial charge in [0.25, 0.3) is 10.0 Å². The molecule has 0 saturated heterocycles. The summed E-state index contributed by atoms with van der Waals surface area (Å²) in [7, 11) is -3.69. The first-order valence-electron chi connectivity index (χ1n) is 5.61. The highest BCUT2D eigenvalue weighted by Gasteiger charge is 2.20. The highest BCUT2D eigenvalue weighted by Crippen LogP contribution is 2.18. The molecule has 0 aliphatic rings. The number of sulfonamides is 1. The number of furan rings is 1. The van der Waals surface area contributed by atoms with Gasteiger partial charge >= 0.3 is 0 Å². The number of hydrogen-bond acceptors (Lipinski definition) is 6. The summed E-state index contributed by atoms with van der Waals surface area (Å²) < 4.78 is 31.3. The minimum absolute atomic E-state index is 0.0120. The quantitative estimate of drug-likeness (QED) is 0.839. The number of hydrogen-bond donors (Lipinski definition) is 2. The molecule has 2 aromatic heterocycles. The Balaban J connectivity index is 2.01. The van der Waals surface area contributed by atoms with Crippen molar-refractivity contribution in [2.75, 3.05) is 6.54 Å². The largest absolute Gasteiger partial charge is 0.446 e. The molecule has 1 unspecified atom stereocenters. The molecule has 0 bridgehead atoms. The molecule has 0 spiro atoms. The van der Waals surface area contributed by atoms with Crippen molar-refractivity contribution in [2.45, 2.75) is 24.5 Å². The average molecular weight is 302 g/mol. The summed E-state index contributed by atoms with van der Waals surface area (Å²) in [5.41, 5.74) is 0. The monoisotopic (exact) mass is 302 g/mol. The summed E-state index contributed by atoms with van der Waals surface area (Å²) in [5.74, 6) is 0.204. The second-order valence-corrected chi connectivity index (χ2v) is 6.63. The van der Waals surface area contributed by atoms with Crippen molar-refractivity contribution in [1.82, 2.24) is 9.71 Å². The zero-order valence-electron chi connectivity index (χ0n) is 10.2. The van der Waals surface area contributed by atoms with E-state index in [2.05, 4.69) is 9.71 Å². The number of aliphatic hydroxyl groups is 1. The van der Waals surface area contributed by atoms with Crippen molar-refractivity contribution in [1.29, 1.82) is 0 Å². The van der Waals surface area contributed by atoms with E-state index >= 15 is 0 Å². The van der Waals surface area contributed by atoms with Gasteiger partial charge in [0, 0.05) is 24.0 Å². The summed E-state index contributed by atoms with van der Waals surface area (Å²) in [4.78, 5) is 4.13. The molecule has 2 rings (SSSR count). The summed E-state index contributed by atoms with van der Waals surface area (Å²) >= 11 is 1.48. The zero-order chi connectivity index (χ0) is 13.9. The van der Waals surface area contributed by atoms with E-state index in [4.69, 9.17) is 9.52 Å². The summed E-state index contributed by atoms with van der Waals surface area (Å²) in [6.45, 7) is 1.80. The standard InChI is InChI=1S/C11H14N2O4S2/c1-8(11-12-4-5-18-11)6-13-19(15,16)10-3-2-9(7-14)17-10/h2-5,8,13-14H,6-7H2,1H3. The van der Waals surface area contributed by atoms with Gasteiger partial charge in [-0.25, -0.2) is 18.1 Å². The van der Waals surface area contributed by atoms with E-state index in [1.807, 2.05) is 12.3 Å². The smallest absolute Gasteiger partial charge is 0.273 e. The Morgan fingerprint density at radius 3 is 2.89 bits per heavy atom. The van der Waals surface area contributed by atoms with Gasteiger partial charge in [-0.05, 0) is 12.1 Å². The fourth-order valence-corrected chi connectivity index (χ4v) is 3.23. The van der Waals surface area contributed by atoms with E-state index < -0.39 is 10.0 Å². The van der Waals surface area contributed by atoms with Crippen molar-refractivity contribution in [3.8, 4) is 0 Å². The molecule has 19 heavy (non-hydrogen) atoms. The van der Waals surface area contributed by atoms with Crippen LogP contribution in [0.3, 0.4) is 0 Å². The van der Waals surface area contributed by atoms with Crippen LogP contribution in [0.2, 0.25) is 0 Å². The molecule has 0 fully saturated rings. The van der Waals surface area contributed by atoms with Crippen molar-refractivity contribution in [2.24, 2.45) is 0 Å². The maximum atomic E-state index is 11.9. The van der Waals surface area contributed by atoms with Crippen molar-refractivity contribution < 1.29 is 17.9 Å². The molecule has 1 atom stereocenters. The Morgan fingerprint density at radius 1 is 1.53 bits per heavy atom. The second-order valence-electron chi connectivity index (χ2n) is 4.00. The zero-order valence-corrected chi connectivity index (χ0v) is 11.9. The third kappa shape index (κ3) is 3.41. The van der Waals surface area contributed by atoms with Crippen molar-refractivity contribution in [3.63, 3.8) is 0 Å². The Bertz CT molecular complexity index is 619. The highest BCUT2D eigenvalue weighted by atomic mass is 32.2. The maximum absolute atomic E-state index is 11.9. The van der Waals surface area contributed by atoms with Gasteiger partial charge in [0.15, 0.2) is 0 Å². The van der Waals surface area contributed by atoms with Gasteiger partial charge in [0.1, 0.15) is 12.4 Å². The average Bonchev–Trinajstić information content (AvgIpc) is 3.06. The lowest BCUT2D eigenvalue weighted by Crippen LogP contribution is -2.27. The molecule has 8 heteroatoms. The minimum atomic E-state index is -3.69. The van der Waals surface area contributed by atoms with Gasteiger partial charge in [-0.1, -0.05) is 6.92 Å². The molecule has 0 aliphatic carbocycles. The molecule has 2 aromatic rings.